The average molecular weight is 356 g/mol. The molecule has 2 aromatic carbocycles. The van der Waals surface area contributed by atoms with Crippen molar-refractivity contribution in [3.8, 4) is 6.07 Å². The van der Waals surface area contributed by atoms with Crippen molar-refractivity contribution in [3.63, 3.8) is 0 Å². The Labute approximate surface area is 147 Å². The van der Waals surface area contributed by atoms with Crippen LogP contribution < -0.4 is 5.32 Å². The quantitative estimate of drug-likeness (QED) is 0.661. The van der Waals surface area contributed by atoms with E-state index < -0.39 is 0 Å². The summed E-state index contributed by atoms with van der Waals surface area (Å²) in [5, 5.41) is 21.0. The molecule has 0 saturated heterocycles. The minimum atomic E-state index is -0.240. The molecule has 1 N–H and O–H groups in total. The number of hydrogen-bond donors (Lipinski definition) is 1. The van der Waals surface area contributed by atoms with Crippen molar-refractivity contribution in [1.29, 1.82) is 5.26 Å². The molecule has 1 heterocycles. The molecule has 4 nitrogen and oxygen atoms in total. The van der Waals surface area contributed by atoms with Gasteiger partial charge < -0.3 is 5.32 Å². The summed E-state index contributed by atoms with van der Waals surface area (Å²) in [6, 6.07) is 16.0. The van der Waals surface area contributed by atoms with Crippen LogP contribution in [0.5, 0.6) is 0 Å². The largest absolute Gasteiger partial charge is 0.356 e. The zero-order valence-electron chi connectivity index (χ0n) is 12.6. The summed E-state index contributed by atoms with van der Waals surface area (Å²) in [7, 11) is 0. The fraction of sp³-hybridized carbons (Fsp3) is 0.118. The normalized spacial score (nSPS) is 10.3. The zero-order chi connectivity index (χ0) is 16.8. The molecule has 0 fully saturated rings. The molecule has 0 amide bonds. The number of rotatable bonds is 6. The maximum atomic E-state index is 12.9. The van der Waals surface area contributed by atoms with Crippen molar-refractivity contribution in [1.82, 2.24) is 10.2 Å². The number of nitrogens with zero attached hydrogens (tertiary/aromatic N) is 3. The van der Waals surface area contributed by atoms with Crippen LogP contribution in [0.1, 0.15) is 16.7 Å². The SMILES string of the molecule is N#Cc1ccc(CSc2nnc(NCc3ccc(F)cc3)s2)cc1. The third kappa shape index (κ3) is 4.54. The standard InChI is InChI=1S/C17H13FN4S2/c18-15-7-5-13(6-8-15)10-20-16-21-22-17(24-16)23-11-14-3-1-12(9-19)2-4-14/h1-8H,10-11H2,(H,20,21). The Bertz CT molecular complexity index is 838. The van der Waals surface area contributed by atoms with Crippen LogP contribution in [-0.4, -0.2) is 10.2 Å². The molecule has 0 spiro atoms. The summed E-state index contributed by atoms with van der Waals surface area (Å²) in [5.41, 5.74) is 2.78. The van der Waals surface area contributed by atoms with Crippen LogP contribution in [0.4, 0.5) is 9.52 Å². The van der Waals surface area contributed by atoms with Gasteiger partial charge in [-0.25, -0.2) is 4.39 Å². The molecule has 0 aliphatic carbocycles. The molecule has 0 saturated carbocycles. The molecule has 0 unspecified atom stereocenters. The van der Waals surface area contributed by atoms with Crippen LogP contribution in [-0.2, 0) is 12.3 Å². The summed E-state index contributed by atoms with van der Waals surface area (Å²) in [6.07, 6.45) is 0. The number of benzene rings is 2. The van der Waals surface area contributed by atoms with Gasteiger partial charge in [-0.15, -0.1) is 10.2 Å². The van der Waals surface area contributed by atoms with Crippen LogP contribution in [0.25, 0.3) is 0 Å². The lowest BCUT2D eigenvalue weighted by Gasteiger charge is -2.01. The van der Waals surface area contributed by atoms with Crippen molar-refractivity contribution in [2.24, 2.45) is 0 Å². The Kier molecular flexibility index (Phi) is 5.41. The summed E-state index contributed by atoms with van der Waals surface area (Å²) in [4.78, 5) is 0. The Morgan fingerprint density at radius 1 is 1.04 bits per heavy atom. The Morgan fingerprint density at radius 2 is 1.75 bits per heavy atom. The molecule has 120 valence electrons. The Morgan fingerprint density at radius 3 is 2.46 bits per heavy atom. The molecular formula is C17H13FN4S2. The third-order valence-corrected chi connectivity index (χ3v) is 5.29. The van der Waals surface area contributed by atoms with Gasteiger partial charge >= 0.3 is 0 Å². The lowest BCUT2D eigenvalue weighted by molar-refractivity contribution is 0.627. The molecule has 3 rings (SSSR count). The topological polar surface area (TPSA) is 61.6 Å². The molecule has 0 radical (unpaired) electrons. The van der Waals surface area contributed by atoms with E-state index in [1.54, 1.807) is 23.9 Å². The number of anilines is 1. The molecule has 7 heteroatoms. The number of halogens is 1. The zero-order valence-corrected chi connectivity index (χ0v) is 14.2. The van der Waals surface area contributed by atoms with E-state index in [1.807, 2.05) is 24.3 Å². The minimum absolute atomic E-state index is 0.240. The van der Waals surface area contributed by atoms with Gasteiger partial charge in [0.2, 0.25) is 5.13 Å². The van der Waals surface area contributed by atoms with Gasteiger partial charge in [-0.1, -0.05) is 47.4 Å². The summed E-state index contributed by atoms with van der Waals surface area (Å²) >= 11 is 3.09. The maximum absolute atomic E-state index is 12.9. The monoisotopic (exact) mass is 356 g/mol. The van der Waals surface area contributed by atoms with E-state index in [0.29, 0.717) is 12.1 Å². The molecule has 3 aromatic rings. The number of thioether (sulfide) groups is 1. The first-order valence-corrected chi connectivity index (χ1v) is 8.97. The van der Waals surface area contributed by atoms with Crippen molar-refractivity contribution in [2.45, 2.75) is 16.6 Å². The van der Waals surface area contributed by atoms with Gasteiger partial charge in [0.05, 0.1) is 11.6 Å². The van der Waals surface area contributed by atoms with Crippen LogP contribution in [0.2, 0.25) is 0 Å². The molecular weight excluding hydrogens is 343 g/mol. The summed E-state index contributed by atoms with van der Waals surface area (Å²) < 4.78 is 13.7. The fourth-order valence-electron chi connectivity index (χ4n) is 1.94. The minimum Gasteiger partial charge on any atom is -0.356 e. The molecule has 0 aliphatic heterocycles. The van der Waals surface area contributed by atoms with E-state index in [9.17, 15) is 4.39 Å². The molecule has 0 atom stereocenters. The van der Waals surface area contributed by atoms with Gasteiger partial charge in [0.1, 0.15) is 5.82 Å². The lowest BCUT2D eigenvalue weighted by atomic mass is 10.2. The van der Waals surface area contributed by atoms with Gasteiger partial charge in [-0.05, 0) is 35.4 Å². The van der Waals surface area contributed by atoms with Crippen LogP contribution >= 0.6 is 23.1 Å². The number of nitriles is 1. The number of nitrogens with one attached hydrogen (secondary N) is 1. The predicted molar refractivity (Wildman–Crippen MR) is 94.4 cm³/mol. The van der Waals surface area contributed by atoms with E-state index in [-0.39, 0.29) is 5.82 Å². The number of hydrogen-bond acceptors (Lipinski definition) is 6. The first kappa shape index (κ1) is 16.4. The highest BCUT2D eigenvalue weighted by atomic mass is 32.2. The highest BCUT2D eigenvalue weighted by Crippen LogP contribution is 2.28. The summed E-state index contributed by atoms with van der Waals surface area (Å²) in [6.45, 7) is 0.579. The molecule has 1 aromatic heterocycles. The first-order chi connectivity index (χ1) is 11.7. The Balaban J connectivity index is 1.51. The second-order valence-electron chi connectivity index (χ2n) is 4.95. The Hall–Kier alpha value is -2.43. The van der Waals surface area contributed by atoms with Gasteiger partial charge in [0.15, 0.2) is 4.34 Å². The van der Waals surface area contributed by atoms with Crippen molar-refractivity contribution in [2.75, 3.05) is 5.32 Å². The van der Waals surface area contributed by atoms with Gasteiger partial charge in [-0.2, -0.15) is 5.26 Å². The van der Waals surface area contributed by atoms with E-state index in [0.717, 1.165) is 26.4 Å². The van der Waals surface area contributed by atoms with Crippen LogP contribution in [0.3, 0.4) is 0 Å². The van der Waals surface area contributed by atoms with Gasteiger partial charge in [-0.3, -0.25) is 0 Å². The third-order valence-electron chi connectivity index (χ3n) is 3.21. The first-order valence-electron chi connectivity index (χ1n) is 7.16. The van der Waals surface area contributed by atoms with E-state index in [1.165, 1.54) is 23.5 Å². The highest BCUT2D eigenvalue weighted by molar-refractivity contribution is 8.00. The van der Waals surface area contributed by atoms with Crippen molar-refractivity contribution < 1.29 is 4.39 Å². The smallest absolute Gasteiger partial charge is 0.206 e. The van der Waals surface area contributed by atoms with E-state index >= 15 is 0 Å². The second kappa shape index (κ2) is 7.90. The maximum Gasteiger partial charge on any atom is 0.206 e. The van der Waals surface area contributed by atoms with Crippen LogP contribution in [0.15, 0.2) is 52.9 Å². The number of aromatic nitrogens is 2. The van der Waals surface area contributed by atoms with Crippen molar-refractivity contribution in [3.05, 3.63) is 71.0 Å². The molecule has 24 heavy (non-hydrogen) atoms. The molecule has 0 aliphatic rings. The second-order valence-corrected chi connectivity index (χ2v) is 7.15. The predicted octanol–water partition coefficient (Wildman–Crippen LogP) is 4.45. The average Bonchev–Trinajstić information content (AvgIpc) is 3.08. The van der Waals surface area contributed by atoms with E-state index in [4.69, 9.17) is 5.26 Å². The highest BCUT2D eigenvalue weighted by Gasteiger charge is 2.05. The van der Waals surface area contributed by atoms with Crippen LogP contribution in [0, 0.1) is 17.1 Å². The fourth-order valence-corrected chi connectivity index (χ4v) is 3.64. The molecule has 0 bridgehead atoms. The summed E-state index contributed by atoms with van der Waals surface area (Å²) in [5.74, 6) is 0.536. The van der Waals surface area contributed by atoms with E-state index in [2.05, 4.69) is 21.6 Å². The van der Waals surface area contributed by atoms with Gasteiger partial charge in [0, 0.05) is 12.3 Å². The lowest BCUT2D eigenvalue weighted by Crippen LogP contribution is -1.98. The van der Waals surface area contributed by atoms with Gasteiger partial charge in [0.25, 0.3) is 0 Å². The van der Waals surface area contributed by atoms with Crippen molar-refractivity contribution >= 4 is 28.2 Å².